The van der Waals surface area contributed by atoms with E-state index in [2.05, 4.69) is 89.7 Å². The van der Waals surface area contributed by atoms with Gasteiger partial charge in [-0.25, -0.2) is 9.13 Å². The number of phosphoric ester groups is 2. The van der Waals surface area contributed by atoms with Gasteiger partial charge in [0.05, 0.1) is 19.8 Å². The third-order valence-electron chi connectivity index (χ3n) is 8.73. The van der Waals surface area contributed by atoms with Gasteiger partial charge >= 0.3 is 27.6 Å². The van der Waals surface area contributed by atoms with Crippen LogP contribution in [0.25, 0.3) is 0 Å². The first-order chi connectivity index (χ1) is 29.8. The predicted molar refractivity (Wildman–Crippen MR) is 244 cm³/mol. The van der Waals surface area contributed by atoms with E-state index in [9.17, 15) is 33.5 Å². The molecule has 0 radical (unpaired) electrons. The Balaban J connectivity index is 4.66. The topological polar surface area (TPSA) is 212 Å². The Morgan fingerprint density at radius 3 is 1.65 bits per heavy atom. The molecule has 0 aliphatic rings. The van der Waals surface area contributed by atoms with Crippen LogP contribution >= 0.6 is 15.6 Å². The summed E-state index contributed by atoms with van der Waals surface area (Å²) in [6.45, 7) is 1.41. The Morgan fingerprint density at radius 2 is 1.03 bits per heavy atom. The second-order valence-electron chi connectivity index (χ2n) is 14.6. The van der Waals surface area contributed by atoms with Crippen molar-refractivity contribution >= 4 is 33.4 Å². The molecule has 16 heteroatoms. The lowest BCUT2D eigenvalue weighted by Crippen LogP contribution is -2.30. The Bertz CT molecular complexity index is 1480. The lowest BCUT2D eigenvalue weighted by molar-refractivity contribution is -0.161. The summed E-state index contributed by atoms with van der Waals surface area (Å²) in [4.78, 5) is 64.8. The largest absolute Gasteiger partial charge is 0.472 e. The third kappa shape index (κ3) is 43.6. The molecule has 0 bridgehead atoms. The highest BCUT2D eigenvalue weighted by atomic mass is 31.2. The molecular weight excluding hydrogens is 838 g/mol. The zero-order valence-electron chi connectivity index (χ0n) is 37.2. The Morgan fingerprint density at radius 1 is 0.532 bits per heavy atom. The van der Waals surface area contributed by atoms with Gasteiger partial charge in [0, 0.05) is 19.3 Å². The zero-order chi connectivity index (χ0) is 46.0. The van der Waals surface area contributed by atoms with E-state index in [0.717, 1.165) is 83.5 Å². The van der Waals surface area contributed by atoms with Crippen LogP contribution in [0.15, 0.2) is 85.1 Å². The van der Waals surface area contributed by atoms with Crippen molar-refractivity contribution in [2.75, 3.05) is 26.4 Å². The average molecular weight is 915 g/mol. The number of esters is 2. The van der Waals surface area contributed by atoms with Crippen molar-refractivity contribution in [3.05, 3.63) is 85.1 Å². The van der Waals surface area contributed by atoms with Crippen LogP contribution in [0.5, 0.6) is 0 Å². The minimum Gasteiger partial charge on any atom is -0.462 e. The first-order valence-electron chi connectivity index (χ1n) is 22.2. The SMILES string of the molecule is CC/C=C\C/C=C\C/C=C\C/C=C\C/C=C\CCCCCC(=O)OC[C@H](COP(=O)(O)OC[C@@H](O)COP(=O)(O)O)OC(=O)CCCCCCCC(=O)/C=C/C=C\CCCCC. The number of hydrogen-bond acceptors (Lipinski definition) is 11. The molecule has 0 aliphatic carbocycles. The summed E-state index contributed by atoms with van der Waals surface area (Å²) in [5.74, 6) is -1.10. The predicted octanol–water partition coefficient (Wildman–Crippen LogP) is 10.7. The molecule has 0 spiro atoms. The van der Waals surface area contributed by atoms with E-state index in [1.54, 1.807) is 12.2 Å². The molecule has 0 saturated heterocycles. The van der Waals surface area contributed by atoms with E-state index >= 15 is 0 Å². The van der Waals surface area contributed by atoms with Crippen LogP contribution in [0.1, 0.15) is 149 Å². The molecule has 0 aromatic carbocycles. The number of ketones is 1. The fourth-order valence-electron chi connectivity index (χ4n) is 5.35. The molecular formula is C46H76O14P2. The summed E-state index contributed by atoms with van der Waals surface area (Å²) in [5, 5.41) is 9.75. The number of carbonyl (C=O) groups is 3. The molecule has 3 atom stereocenters. The summed E-state index contributed by atoms with van der Waals surface area (Å²) < 4.78 is 47.7. The van der Waals surface area contributed by atoms with Gasteiger partial charge in [0.1, 0.15) is 12.7 Å². The Labute approximate surface area is 371 Å². The fourth-order valence-corrected chi connectivity index (χ4v) is 6.51. The molecule has 1 unspecified atom stereocenters. The van der Waals surface area contributed by atoms with Crippen molar-refractivity contribution in [2.24, 2.45) is 0 Å². The molecule has 0 heterocycles. The third-order valence-corrected chi connectivity index (χ3v) is 10.2. The molecule has 0 aliphatic heterocycles. The van der Waals surface area contributed by atoms with Gasteiger partial charge in [-0.15, -0.1) is 0 Å². The van der Waals surface area contributed by atoms with Crippen LogP contribution in [0.2, 0.25) is 0 Å². The molecule has 354 valence electrons. The van der Waals surface area contributed by atoms with E-state index in [-0.39, 0.29) is 18.6 Å². The molecule has 0 saturated carbocycles. The quantitative estimate of drug-likeness (QED) is 0.0112. The second kappa shape index (κ2) is 40.7. The number of rotatable bonds is 41. The second-order valence-corrected chi connectivity index (χ2v) is 17.3. The fraction of sp³-hybridized carbons (Fsp3) is 0.630. The van der Waals surface area contributed by atoms with E-state index in [4.69, 9.17) is 23.8 Å². The summed E-state index contributed by atoms with van der Waals surface area (Å²) in [6, 6.07) is 0. The van der Waals surface area contributed by atoms with Crippen molar-refractivity contribution in [3.8, 4) is 0 Å². The van der Waals surface area contributed by atoms with Crippen molar-refractivity contribution < 1.29 is 66.3 Å². The van der Waals surface area contributed by atoms with Gasteiger partial charge in [-0.3, -0.25) is 28.0 Å². The maximum absolute atomic E-state index is 12.7. The van der Waals surface area contributed by atoms with Gasteiger partial charge in [0.2, 0.25) is 0 Å². The van der Waals surface area contributed by atoms with Gasteiger partial charge < -0.3 is 29.3 Å². The minimum absolute atomic E-state index is 0.0354. The van der Waals surface area contributed by atoms with Crippen LogP contribution in [0, 0.1) is 0 Å². The lowest BCUT2D eigenvalue weighted by Gasteiger charge is -2.20. The van der Waals surface area contributed by atoms with Gasteiger partial charge in [0.25, 0.3) is 0 Å². The number of phosphoric acid groups is 2. The monoisotopic (exact) mass is 914 g/mol. The van der Waals surface area contributed by atoms with E-state index < -0.39 is 66.2 Å². The average Bonchev–Trinajstić information content (AvgIpc) is 3.23. The summed E-state index contributed by atoms with van der Waals surface area (Å²) >= 11 is 0. The summed E-state index contributed by atoms with van der Waals surface area (Å²) in [6.07, 6.45) is 42.5. The summed E-state index contributed by atoms with van der Waals surface area (Å²) in [7, 11) is -9.74. The van der Waals surface area contributed by atoms with Crippen molar-refractivity contribution in [1.82, 2.24) is 0 Å². The number of aliphatic hydroxyl groups excluding tert-OH is 1. The maximum atomic E-state index is 12.7. The number of hydrogen-bond donors (Lipinski definition) is 4. The van der Waals surface area contributed by atoms with Crippen LogP contribution in [0.3, 0.4) is 0 Å². The zero-order valence-corrected chi connectivity index (χ0v) is 39.0. The van der Waals surface area contributed by atoms with E-state index in [1.807, 2.05) is 6.08 Å². The molecule has 0 rings (SSSR count). The van der Waals surface area contributed by atoms with Crippen molar-refractivity contribution in [3.63, 3.8) is 0 Å². The van der Waals surface area contributed by atoms with Crippen LogP contribution in [-0.2, 0) is 46.6 Å². The minimum atomic E-state index is -4.89. The standard InChI is InChI=1S/C46H76O14P2/c1-3-5-7-9-11-12-13-14-15-16-17-18-19-20-21-22-24-28-32-36-45(49)56-40-44(41-59-62(54,55)58-39-43(48)38-57-61(51,52)53)60-46(50)37-33-29-25-27-31-35-42(47)34-30-26-23-10-8-6-4-2/h5,7,11-12,14-15,17-18,20-21,23,26,30,34,43-44,48H,3-4,6,8-10,13,16,19,22,24-25,27-29,31-33,35-41H2,1-2H3,(H,54,55)(H2,51,52,53)/b7-5-,12-11-,15-14-,18-17-,21-20-,26-23-,34-30+/t43-,44+/m0/s1. The van der Waals surface area contributed by atoms with Gasteiger partial charge in [-0.2, -0.15) is 0 Å². The lowest BCUT2D eigenvalue weighted by atomic mass is 10.1. The van der Waals surface area contributed by atoms with Crippen LogP contribution in [0.4, 0.5) is 0 Å². The highest BCUT2D eigenvalue weighted by Gasteiger charge is 2.28. The van der Waals surface area contributed by atoms with Crippen LogP contribution in [-0.4, -0.2) is 76.1 Å². The summed E-state index contributed by atoms with van der Waals surface area (Å²) in [5.41, 5.74) is 0. The van der Waals surface area contributed by atoms with Crippen molar-refractivity contribution in [1.29, 1.82) is 0 Å². The maximum Gasteiger partial charge on any atom is 0.472 e. The molecule has 62 heavy (non-hydrogen) atoms. The number of aliphatic hydroxyl groups is 1. The Hall–Kier alpha value is -3.03. The molecule has 0 aromatic rings. The van der Waals surface area contributed by atoms with Gasteiger partial charge in [-0.05, 0) is 83.1 Å². The molecule has 0 fully saturated rings. The van der Waals surface area contributed by atoms with Crippen molar-refractivity contribution in [2.45, 2.75) is 161 Å². The van der Waals surface area contributed by atoms with Crippen LogP contribution < -0.4 is 0 Å². The van der Waals surface area contributed by atoms with E-state index in [1.165, 1.54) is 12.8 Å². The number of unbranched alkanes of at least 4 members (excludes halogenated alkanes) is 10. The van der Waals surface area contributed by atoms with E-state index in [0.29, 0.717) is 25.7 Å². The normalized spacial score (nSPS) is 14.7. The van der Waals surface area contributed by atoms with Gasteiger partial charge in [-0.1, -0.05) is 131 Å². The molecule has 0 aromatic heterocycles. The highest BCUT2D eigenvalue weighted by molar-refractivity contribution is 7.47. The smallest absolute Gasteiger partial charge is 0.462 e. The molecule has 4 N–H and O–H groups in total. The first-order valence-corrected chi connectivity index (χ1v) is 25.3. The number of ether oxygens (including phenoxy) is 2. The van der Waals surface area contributed by atoms with Gasteiger partial charge in [0.15, 0.2) is 11.9 Å². The number of carbonyl (C=O) groups excluding carboxylic acids is 3. The first kappa shape index (κ1) is 59.0. The molecule has 14 nitrogen and oxygen atoms in total. The molecule has 0 amide bonds. The Kier molecular flexibility index (Phi) is 38.7. The highest BCUT2D eigenvalue weighted by Crippen LogP contribution is 2.43. The number of allylic oxidation sites excluding steroid dienone is 14.